The maximum atomic E-state index is 10.7. The van der Waals surface area contributed by atoms with Gasteiger partial charge in [0, 0.05) is 18.1 Å². The molecule has 0 bridgehead atoms. The van der Waals surface area contributed by atoms with Crippen molar-refractivity contribution in [3.8, 4) is 0 Å². The summed E-state index contributed by atoms with van der Waals surface area (Å²) < 4.78 is 90.4. The van der Waals surface area contributed by atoms with Crippen LogP contribution in [-0.4, -0.2) is 79.3 Å². The van der Waals surface area contributed by atoms with Gasteiger partial charge in [0.25, 0.3) is 10.1 Å². The zero-order valence-corrected chi connectivity index (χ0v) is 27.1. The molecule has 0 radical (unpaired) electrons. The maximum Gasteiger partial charge on any atom is 0.264 e. The highest BCUT2D eigenvalue weighted by Crippen LogP contribution is 2.12. The van der Waals surface area contributed by atoms with Crippen molar-refractivity contribution in [3.63, 3.8) is 0 Å². The van der Waals surface area contributed by atoms with Gasteiger partial charge in [-0.05, 0) is 83.1 Å². The minimum Gasteiger partial charge on any atom is -0.265 e. The lowest BCUT2D eigenvalue weighted by molar-refractivity contribution is 0.141. The van der Waals surface area contributed by atoms with E-state index in [9.17, 15) is 33.7 Å². The van der Waals surface area contributed by atoms with Gasteiger partial charge in [0.15, 0.2) is 19.7 Å². The first-order chi connectivity index (χ1) is 13.9. The topological polar surface area (TPSA) is 158 Å². The van der Waals surface area contributed by atoms with Crippen LogP contribution >= 0.6 is 0 Å². The molecule has 0 atom stereocenters. The van der Waals surface area contributed by atoms with E-state index in [-0.39, 0.29) is 5.54 Å². The van der Waals surface area contributed by atoms with Crippen molar-refractivity contribution in [2.24, 2.45) is 0 Å². The van der Waals surface area contributed by atoms with Gasteiger partial charge >= 0.3 is 0 Å². The number of hydrogen-bond donors (Lipinski definition) is 1. The molecule has 0 aromatic carbocycles. The molecule has 1 N–H and O–H groups in total. The van der Waals surface area contributed by atoms with E-state index in [0.29, 0.717) is 0 Å². The van der Waals surface area contributed by atoms with Crippen LogP contribution < -0.4 is 4.72 Å². The van der Waals surface area contributed by atoms with Gasteiger partial charge in [-0.2, -0.15) is 8.42 Å². The van der Waals surface area contributed by atoms with Crippen LogP contribution in [0.15, 0.2) is 0 Å². The SMILES string of the molecule is CC(C)(C)NS(C)(=O)=O.CC(C)(C)OS(C)(=O)=O.CC(C)(C)S(C)(=O)=O.CC(C)(C)S(C)(=O)=O. The summed E-state index contributed by atoms with van der Waals surface area (Å²) in [5.74, 6) is 0. The average Bonchev–Trinajstić information content (AvgIpc) is 2.25. The van der Waals surface area contributed by atoms with Crippen LogP contribution in [0.1, 0.15) is 83.1 Å². The van der Waals surface area contributed by atoms with E-state index in [2.05, 4.69) is 8.91 Å². The van der Waals surface area contributed by atoms with E-state index in [0.717, 1.165) is 12.5 Å². The van der Waals surface area contributed by atoms with E-state index in [1.165, 1.54) is 12.5 Å². The summed E-state index contributed by atoms with van der Waals surface area (Å²) in [4.78, 5) is 0. The van der Waals surface area contributed by atoms with E-state index >= 15 is 0 Å². The first kappa shape index (κ1) is 40.9. The molecule has 0 fully saturated rings. The molecule has 0 unspecified atom stereocenters. The summed E-state index contributed by atoms with van der Waals surface area (Å²) in [6.07, 6.45) is 4.68. The van der Waals surface area contributed by atoms with E-state index in [1.807, 2.05) is 0 Å². The predicted molar refractivity (Wildman–Crippen MR) is 143 cm³/mol. The molecule has 0 amide bonds. The Morgan fingerprint density at radius 3 is 0.706 bits per heavy atom. The summed E-state index contributed by atoms with van der Waals surface area (Å²) in [5, 5.41) is 0. The third kappa shape index (κ3) is 33.9. The fraction of sp³-hybridized carbons (Fsp3) is 1.00. The van der Waals surface area contributed by atoms with Crippen LogP contribution in [-0.2, 0) is 44.0 Å². The molecule has 0 aliphatic rings. The van der Waals surface area contributed by atoms with Gasteiger partial charge in [-0.3, -0.25) is 4.18 Å². The highest BCUT2D eigenvalue weighted by atomic mass is 32.2. The summed E-state index contributed by atoms with van der Waals surface area (Å²) in [6.45, 7) is 20.6. The van der Waals surface area contributed by atoms with Crippen LogP contribution in [0.4, 0.5) is 0 Å². The van der Waals surface area contributed by atoms with Crippen molar-refractivity contribution < 1.29 is 37.9 Å². The molecule has 14 heteroatoms. The summed E-state index contributed by atoms with van der Waals surface area (Å²) in [7, 11) is -12.0. The number of nitrogens with one attached hydrogen (secondary N) is 1. The Labute approximate surface area is 210 Å². The molecule has 10 nitrogen and oxygen atoms in total. The smallest absolute Gasteiger partial charge is 0.264 e. The normalized spacial score (nSPS) is 13.9. The van der Waals surface area contributed by atoms with Crippen LogP contribution in [0.5, 0.6) is 0 Å². The second-order valence-corrected chi connectivity index (χ2v) is 20.7. The molecule has 212 valence electrons. The summed E-state index contributed by atoms with van der Waals surface area (Å²) in [5.41, 5.74) is -0.957. The highest BCUT2D eigenvalue weighted by Gasteiger charge is 2.23. The predicted octanol–water partition coefficient (Wildman–Crippen LogP) is 2.75. The first-order valence-corrected chi connectivity index (χ1v) is 17.7. The Bertz CT molecular complexity index is 927. The van der Waals surface area contributed by atoms with Crippen molar-refractivity contribution in [2.45, 2.75) is 104 Å². The molecule has 0 saturated heterocycles. The Morgan fingerprint density at radius 2 is 0.706 bits per heavy atom. The van der Waals surface area contributed by atoms with Crippen molar-refractivity contribution in [1.29, 1.82) is 0 Å². The zero-order chi connectivity index (χ0) is 29.4. The van der Waals surface area contributed by atoms with E-state index < -0.39 is 54.9 Å². The fourth-order valence-electron chi connectivity index (χ4n) is 1.01. The van der Waals surface area contributed by atoms with Crippen molar-refractivity contribution >= 4 is 39.8 Å². The monoisotopic (exact) mass is 575 g/mol. The molecule has 0 aliphatic carbocycles. The molecular weight excluding hydrogens is 526 g/mol. The van der Waals surface area contributed by atoms with Crippen molar-refractivity contribution in [2.75, 3.05) is 25.0 Å². The second kappa shape index (κ2) is 13.3. The number of hydrogen-bond acceptors (Lipinski definition) is 9. The number of sulfonamides is 1. The zero-order valence-electron chi connectivity index (χ0n) is 23.8. The molecule has 0 aromatic heterocycles. The summed E-state index contributed by atoms with van der Waals surface area (Å²) >= 11 is 0. The van der Waals surface area contributed by atoms with E-state index in [1.54, 1.807) is 83.1 Å². The van der Waals surface area contributed by atoms with Gasteiger partial charge in [-0.15, -0.1) is 0 Å². The maximum absolute atomic E-state index is 10.7. The molecule has 34 heavy (non-hydrogen) atoms. The standard InChI is InChI=1S/C5H13NO2S.C5H12O3S.2C5H12O2S/c1-5(2,3)6-9(4,7)8;1-5(2,3)8-9(4,6)7;2*1-5(2,3)8(4,6)7/h6H,1-4H3;1-4H3;2*1-4H3. The lowest BCUT2D eigenvalue weighted by atomic mass is 10.1. The lowest BCUT2D eigenvalue weighted by Gasteiger charge is -2.17. The molecule has 0 saturated carbocycles. The third-order valence-corrected chi connectivity index (χ3v) is 9.35. The van der Waals surface area contributed by atoms with Gasteiger partial charge in [-0.25, -0.2) is 30.0 Å². The molecular formula is C20H49NO9S4. The molecule has 0 aliphatic heterocycles. The van der Waals surface area contributed by atoms with Gasteiger partial charge < -0.3 is 0 Å². The Morgan fingerprint density at radius 1 is 0.500 bits per heavy atom. The number of rotatable bonds is 2. The minimum atomic E-state index is -3.28. The molecule has 0 spiro atoms. The van der Waals surface area contributed by atoms with Crippen LogP contribution in [0, 0.1) is 0 Å². The Kier molecular flexibility index (Phi) is 16.0. The largest absolute Gasteiger partial charge is 0.265 e. The quantitative estimate of drug-likeness (QED) is 0.489. The van der Waals surface area contributed by atoms with Gasteiger partial charge in [0.1, 0.15) is 0 Å². The summed E-state index contributed by atoms with van der Waals surface area (Å²) in [6, 6.07) is 0. The second-order valence-electron chi connectivity index (χ2n) is 11.8. The lowest BCUT2D eigenvalue weighted by Crippen LogP contribution is -2.39. The highest BCUT2D eigenvalue weighted by molar-refractivity contribution is 7.92. The molecule has 0 aromatic rings. The van der Waals surface area contributed by atoms with Gasteiger partial charge in [0.05, 0.1) is 27.6 Å². The van der Waals surface area contributed by atoms with E-state index in [4.69, 9.17) is 0 Å². The average molecular weight is 576 g/mol. The first-order valence-electron chi connectivity index (χ1n) is 10.2. The van der Waals surface area contributed by atoms with Crippen molar-refractivity contribution in [3.05, 3.63) is 0 Å². The van der Waals surface area contributed by atoms with Crippen molar-refractivity contribution in [1.82, 2.24) is 4.72 Å². The minimum absolute atomic E-state index is 0.354. The van der Waals surface area contributed by atoms with Gasteiger partial charge in [-0.1, -0.05) is 0 Å². The Balaban J connectivity index is -0.000000177. The fourth-order valence-corrected chi connectivity index (χ4v) is 3.03. The molecule has 0 heterocycles. The third-order valence-electron chi connectivity index (χ3n) is 3.12. The number of sulfone groups is 2. The van der Waals surface area contributed by atoms with Crippen LogP contribution in [0.2, 0.25) is 0 Å². The van der Waals surface area contributed by atoms with Gasteiger partial charge in [0.2, 0.25) is 10.0 Å². The molecule has 0 rings (SSSR count). The van der Waals surface area contributed by atoms with Crippen LogP contribution in [0.3, 0.4) is 0 Å². The Hall–Kier alpha value is -0.280. The van der Waals surface area contributed by atoms with Crippen LogP contribution in [0.25, 0.3) is 0 Å².